The second-order valence-corrected chi connectivity index (χ2v) is 8.25. The standard InChI is InChI=1S/C23H24FNO3S/c1-26-15-20-7-6-19(28-20)14-25-11-10-22(16-4-3-5-17(24)12-16)29-23-13-18(27-2)8-9-21(23)25/h3-9,12-13,22H,10-11,14-15H2,1-2H3. The molecule has 1 atom stereocenters. The lowest BCUT2D eigenvalue weighted by Crippen LogP contribution is -2.23. The summed E-state index contributed by atoms with van der Waals surface area (Å²) in [5.41, 5.74) is 2.14. The number of rotatable bonds is 6. The Hall–Kier alpha value is -2.44. The molecule has 3 aromatic rings. The Morgan fingerprint density at radius 3 is 2.76 bits per heavy atom. The maximum absolute atomic E-state index is 13.8. The summed E-state index contributed by atoms with van der Waals surface area (Å²) in [4.78, 5) is 3.44. The second-order valence-electron chi connectivity index (χ2n) is 7.01. The molecule has 6 heteroatoms. The van der Waals surface area contributed by atoms with Crippen molar-refractivity contribution in [1.82, 2.24) is 0 Å². The molecule has 4 rings (SSSR count). The minimum atomic E-state index is -0.198. The zero-order chi connectivity index (χ0) is 20.2. The van der Waals surface area contributed by atoms with E-state index in [1.165, 1.54) is 6.07 Å². The molecule has 0 bridgehead atoms. The van der Waals surface area contributed by atoms with Crippen LogP contribution in [0, 0.1) is 5.82 Å². The van der Waals surface area contributed by atoms with E-state index in [1.807, 2.05) is 24.3 Å². The first-order valence-corrected chi connectivity index (χ1v) is 10.5. The third kappa shape index (κ3) is 4.60. The summed E-state index contributed by atoms with van der Waals surface area (Å²) in [7, 11) is 3.33. The monoisotopic (exact) mass is 413 g/mol. The topological polar surface area (TPSA) is 34.8 Å². The van der Waals surface area contributed by atoms with Crippen LogP contribution < -0.4 is 9.64 Å². The lowest BCUT2D eigenvalue weighted by Gasteiger charge is -2.23. The summed E-state index contributed by atoms with van der Waals surface area (Å²) in [6.45, 7) is 1.97. The van der Waals surface area contributed by atoms with Crippen LogP contribution in [0.3, 0.4) is 0 Å². The van der Waals surface area contributed by atoms with Gasteiger partial charge in [-0.25, -0.2) is 4.39 Å². The molecule has 1 unspecified atom stereocenters. The van der Waals surface area contributed by atoms with E-state index in [0.29, 0.717) is 13.2 Å². The molecule has 0 radical (unpaired) electrons. The molecular weight excluding hydrogens is 389 g/mol. The van der Waals surface area contributed by atoms with Gasteiger partial charge >= 0.3 is 0 Å². The fraction of sp³-hybridized carbons (Fsp3) is 0.304. The zero-order valence-electron chi connectivity index (χ0n) is 16.6. The molecule has 0 fully saturated rings. The molecule has 0 N–H and O–H groups in total. The van der Waals surface area contributed by atoms with Gasteiger partial charge in [-0.2, -0.15) is 0 Å². The van der Waals surface area contributed by atoms with Crippen LogP contribution in [0.25, 0.3) is 0 Å². The average Bonchev–Trinajstić information content (AvgIpc) is 3.08. The van der Waals surface area contributed by atoms with E-state index in [0.717, 1.165) is 46.4 Å². The molecule has 29 heavy (non-hydrogen) atoms. The second kappa shape index (κ2) is 8.93. The van der Waals surface area contributed by atoms with E-state index < -0.39 is 0 Å². The number of hydrogen-bond acceptors (Lipinski definition) is 5. The van der Waals surface area contributed by atoms with Crippen LogP contribution in [0.15, 0.2) is 63.9 Å². The van der Waals surface area contributed by atoms with Gasteiger partial charge in [0, 0.05) is 23.8 Å². The highest BCUT2D eigenvalue weighted by atomic mass is 32.2. The van der Waals surface area contributed by atoms with E-state index in [4.69, 9.17) is 13.9 Å². The van der Waals surface area contributed by atoms with Gasteiger partial charge in [-0.15, -0.1) is 11.8 Å². The van der Waals surface area contributed by atoms with Gasteiger partial charge in [-0.3, -0.25) is 0 Å². The van der Waals surface area contributed by atoms with Gasteiger partial charge in [0.05, 0.1) is 19.3 Å². The van der Waals surface area contributed by atoms with Crippen molar-refractivity contribution in [2.75, 3.05) is 25.7 Å². The van der Waals surface area contributed by atoms with Crippen molar-refractivity contribution in [3.05, 3.63) is 77.5 Å². The molecule has 0 amide bonds. The van der Waals surface area contributed by atoms with Gasteiger partial charge in [-0.1, -0.05) is 12.1 Å². The molecule has 1 aromatic heterocycles. The SMILES string of the molecule is COCc1ccc(CN2CCC(c3cccc(F)c3)Sc3cc(OC)ccc32)o1. The van der Waals surface area contributed by atoms with Crippen LogP contribution in [-0.2, 0) is 17.9 Å². The molecule has 1 aliphatic rings. The number of anilines is 1. The number of furan rings is 1. The normalized spacial score (nSPS) is 16.4. The number of benzene rings is 2. The summed E-state index contributed by atoms with van der Waals surface area (Å²) in [6, 6.07) is 17.0. The molecule has 2 aromatic carbocycles. The van der Waals surface area contributed by atoms with Crippen LogP contribution in [-0.4, -0.2) is 20.8 Å². The Bertz CT molecular complexity index is 974. The number of nitrogens with zero attached hydrogens (tertiary/aromatic N) is 1. The van der Waals surface area contributed by atoms with E-state index in [2.05, 4.69) is 17.0 Å². The summed E-state index contributed by atoms with van der Waals surface area (Å²) in [5.74, 6) is 2.33. The minimum Gasteiger partial charge on any atom is -0.497 e. The van der Waals surface area contributed by atoms with Crippen LogP contribution in [0.5, 0.6) is 5.75 Å². The number of ether oxygens (including phenoxy) is 2. The van der Waals surface area contributed by atoms with Gasteiger partial charge in [0.15, 0.2) is 0 Å². The molecule has 1 aliphatic heterocycles. The Morgan fingerprint density at radius 1 is 1.10 bits per heavy atom. The molecule has 0 saturated carbocycles. The maximum atomic E-state index is 13.8. The number of methoxy groups -OCH3 is 2. The van der Waals surface area contributed by atoms with E-state index in [1.54, 1.807) is 38.1 Å². The van der Waals surface area contributed by atoms with Gasteiger partial charge in [0.25, 0.3) is 0 Å². The minimum absolute atomic E-state index is 0.169. The van der Waals surface area contributed by atoms with Crippen LogP contribution in [0.4, 0.5) is 10.1 Å². The fourth-order valence-electron chi connectivity index (χ4n) is 3.60. The van der Waals surface area contributed by atoms with Crippen molar-refractivity contribution in [2.24, 2.45) is 0 Å². The van der Waals surface area contributed by atoms with E-state index >= 15 is 0 Å². The fourth-order valence-corrected chi connectivity index (χ4v) is 4.92. The summed E-state index contributed by atoms with van der Waals surface area (Å²) in [6.07, 6.45) is 0.900. The largest absolute Gasteiger partial charge is 0.497 e. The van der Waals surface area contributed by atoms with Crippen molar-refractivity contribution in [1.29, 1.82) is 0 Å². The molecule has 4 nitrogen and oxygen atoms in total. The zero-order valence-corrected chi connectivity index (χ0v) is 17.4. The van der Waals surface area contributed by atoms with Crippen molar-refractivity contribution in [2.45, 2.75) is 29.7 Å². The molecule has 0 saturated heterocycles. The highest BCUT2D eigenvalue weighted by Gasteiger charge is 2.25. The van der Waals surface area contributed by atoms with E-state index in [9.17, 15) is 4.39 Å². The van der Waals surface area contributed by atoms with Crippen LogP contribution in [0.1, 0.15) is 28.8 Å². The first kappa shape index (κ1) is 19.9. The van der Waals surface area contributed by atoms with Crippen molar-refractivity contribution in [3.8, 4) is 5.75 Å². The highest BCUT2D eigenvalue weighted by molar-refractivity contribution is 7.99. The third-order valence-electron chi connectivity index (χ3n) is 5.01. The lowest BCUT2D eigenvalue weighted by molar-refractivity contribution is 0.162. The Labute approximate surface area is 174 Å². The first-order chi connectivity index (χ1) is 14.2. The van der Waals surface area contributed by atoms with Crippen LogP contribution in [0.2, 0.25) is 0 Å². The Kier molecular flexibility index (Phi) is 6.11. The Morgan fingerprint density at radius 2 is 1.97 bits per heavy atom. The summed E-state index contributed by atoms with van der Waals surface area (Å²) in [5, 5.41) is 0.169. The molecule has 2 heterocycles. The van der Waals surface area contributed by atoms with Gasteiger partial charge < -0.3 is 18.8 Å². The van der Waals surface area contributed by atoms with Gasteiger partial charge in [0.1, 0.15) is 29.7 Å². The molecule has 0 spiro atoms. The third-order valence-corrected chi connectivity index (χ3v) is 6.38. The molecule has 152 valence electrons. The number of fused-ring (bicyclic) bond motifs is 1. The predicted molar refractivity (Wildman–Crippen MR) is 113 cm³/mol. The first-order valence-electron chi connectivity index (χ1n) is 9.58. The molecule has 0 aliphatic carbocycles. The van der Waals surface area contributed by atoms with Crippen LogP contribution >= 0.6 is 11.8 Å². The Balaban J connectivity index is 1.63. The molecular formula is C23H24FNO3S. The average molecular weight is 414 g/mol. The number of halogens is 1. The summed E-state index contributed by atoms with van der Waals surface area (Å²) >= 11 is 1.76. The van der Waals surface area contributed by atoms with Crippen molar-refractivity contribution >= 4 is 17.4 Å². The number of hydrogen-bond donors (Lipinski definition) is 0. The summed E-state index contributed by atoms with van der Waals surface area (Å²) < 4.78 is 30.3. The number of thioether (sulfide) groups is 1. The predicted octanol–water partition coefficient (Wildman–Crippen LogP) is 5.82. The highest BCUT2D eigenvalue weighted by Crippen LogP contribution is 2.46. The van der Waals surface area contributed by atoms with Crippen molar-refractivity contribution in [3.63, 3.8) is 0 Å². The van der Waals surface area contributed by atoms with Gasteiger partial charge in [0.2, 0.25) is 0 Å². The maximum Gasteiger partial charge on any atom is 0.129 e. The quantitative estimate of drug-likeness (QED) is 0.509. The van der Waals surface area contributed by atoms with Gasteiger partial charge in [-0.05, 0) is 54.4 Å². The van der Waals surface area contributed by atoms with E-state index in [-0.39, 0.29) is 11.1 Å². The van der Waals surface area contributed by atoms with Crippen molar-refractivity contribution < 1.29 is 18.3 Å². The smallest absolute Gasteiger partial charge is 0.129 e. The lowest BCUT2D eigenvalue weighted by atomic mass is 10.1.